The first kappa shape index (κ1) is 14.4. The quantitative estimate of drug-likeness (QED) is 0.882. The lowest BCUT2D eigenvalue weighted by Gasteiger charge is -2.44. The lowest BCUT2D eigenvalue weighted by molar-refractivity contribution is -0.152. The van der Waals surface area contributed by atoms with Crippen LogP contribution in [0.25, 0.3) is 0 Å². The number of piperazine rings is 2. The average Bonchev–Trinajstić information content (AvgIpc) is 2.45. The van der Waals surface area contributed by atoms with Crippen LogP contribution in [0, 0.1) is 0 Å². The Morgan fingerprint density at radius 1 is 1.33 bits per heavy atom. The predicted molar refractivity (Wildman–Crippen MR) is 79.8 cm³/mol. The van der Waals surface area contributed by atoms with E-state index in [1.807, 2.05) is 24.3 Å². The van der Waals surface area contributed by atoms with Crippen LogP contribution in [0.15, 0.2) is 24.3 Å². The second-order valence-corrected chi connectivity index (χ2v) is 6.08. The minimum absolute atomic E-state index is 0.0157. The molecule has 1 N–H and O–H groups in total. The Balaban J connectivity index is 1.69. The monoisotopic (exact) mass is 307 g/mol. The molecule has 0 bridgehead atoms. The van der Waals surface area contributed by atoms with Gasteiger partial charge in [0.25, 0.3) is 0 Å². The molecule has 2 saturated heterocycles. The molecule has 0 unspecified atom stereocenters. The zero-order valence-corrected chi connectivity index (χ0v) is 12.6. The SMILES string of the molecule is C[C@@H]1NC(=O)[C@H]2CN(Cc3cccc(Cl)c3)CCN2C1=O. The van der Waals surface area contributed by atoms with Gasteiger partial charge in [-0.2, -0.15) is 0 Å². The summed E-state index contributed by atoms with van der Waals surface area (Å²) in [5.41, 5.74) is 1.12. The molecule has 1 aromatic carbocycles. The van der Waals surface area contributed by atoms with Crippen LogP contribution >= 0.6 is 11.6 Å². The molecule has 2 amide bonds. The van der Waals surface area contributed by atoms with Crippen molar-refractivity contribution in [2.24, 2.45) is 0 Å². The summed E-state index contributed by atoms with van der Waals surface area (Å²) in [4.78, 5) is 28.1. The van der Waals surface area contributed by atoms with Gasteiger partial charge in [0, 0.05) is 31.2 Å². The highest BCUT2D eigenvalue weighted by atomic mass is 35.5. The van der Waals surface area contributed by atoms with Crippen molar-refractivity contribution in [3.8, 4) is 0 Å². The molecule has 0 spiro atoms. The van der Waals surface area contributed by atoms with Gasteiger partial charge in [-0.15, -0.1) is 0 Å². The van der Waals surface area contributed by atoms with Gasteiger partial charge in [-0.05, 0) is 24.6 Å². The number of amides is 2. The minimum atomic E-state index is -0.409. The average molecular weight is 308 g/mol. The molecule has 5 nitrogen and oxygen atoms in total. The fourth-order valence-electron chi connectivity index (χ4n) is 2.98. The standard InChI is InChI=1S/C15H18ClN3O2/c1-10-15(21)19-6-5-18(9-13(19)14(20)17-10)8-11-3-2-4-12(16)7-11/h2-4,7,10,13H,5-6,8-9H2,1H3,(H,17,20)/t10-,13+/m0/s1. The summed E-state index contributed by atoms with van der Waals surface area (Å²) in [5, 5.41) is 3.46. The molecule has 2 fully saturated rings. The van der Waals surface area contributed by atoms with Crippen molar-refractivity contribution < 1.29 is 9.59 Å². The first-order valence-electron chi connectivity index (χ1n) is 7.12. The minimum Gasteiger partial charge on any atom is -0.343 e. The molecule has 21 heavy (non-hydrogen) atoms. The fourth-order valence-corrected chi connectivity index (χ4v) is 3.20. The summed E-state index contributed by atoms with van der Waals surface area (Å²) in [5.74, 6) is -0.0418. The number of fused-ring (bicyclic) bond motifs is 1. The number of hydrogen-bond acceptors (Lipinski definition) is 3. The largest absolute Gasteiger partial charge is 0.343 e. The molecule has 0 saturated carbocycles. The van der Waals surface area contributed by atoms with Crippen molar-refractivity contribution in [3.63, 3.8) is 0 Å². The van der Waals surface area contributed by atoms with Gasteiger partial charge >= 0.3 is 0 Å². The molecule has 0 aromatic heterocycles. The Morgan fingerprint density at radius 2 is 2.14 bits per heavy atom. The maximum Gasteiger partial charge on any atom is 0.245 e. The van der Waals surface area contributed by atoms with Crippen molar-refractivity contribution in [1.29, 1.82) is 0 Å². The predicted octanol–water partition coefficient (Wildman–Crippen LogP) is 0.871. The van der Waals surface area contributed by atoms with Gasteiger partial charge in [0.15, 0.2) is 0 Å². The molecular weight excluding hydrogens is 290 g/mol. The molecule has 2 aliphatic rings. The molecule has 2 atom stereocenters. The van der Waals surface area contributed by atoms with E-state index in [2.05, 4.69) is 10.2 Å². The van der Waals surface area contributed by atoms with Crippen molar-refractivity contribution in [2.75, 3.05) is 19.6 Å². The second kappa shape index (κ2) is 5.66. The Kier molecular flexibility index (Phi) is 3.87. The first-order chi connectivity index (χ1) is 10.0. The van der Waals surface area contributed by atoms with Crippen LogP contribution in [0.2, 0.25) is 5.02 Å². The zero-order chi connectivity index (χ0) is 15.0. The Bertz CT molecular complexity index is 578. The highest BCUT2D eigenvalue weighted by Gasteiger charge is 2.41. The van der Waals surface area contributed by atoms with E-state index in [-0.39, 0.29) is 17.9 Å². The van der Waals surface area contributed by atoms with Crippen LogP contribution in [0.5, 0.6) is 0 Å². The van der Waals surface area contributed by atoms with Crippen molar-refractivity contribution >= 4 is 23.4 Å². The van der Waals surface area contributed by atoms with E-state index >= 15 is 0 Å². The number of hydrogen-bond donors (Lipinski definition) is 1. The maximum atomic E-state index is 12.1. The summed E-state index contributed by atoms with van der Waals surface area (Å²) >= 11 is 6.00. The highest BCUT2D eigenvalue weighted by Crippen LogP contribution is 2.19. The summed E-state index contributed by atoms with van der Waals surface area (Å²) in [6.45, 7) is 4.41. The highest BCUT2D eigenvalue weighted by molar-refractivity contribution is 6.30. The molecule has 6 heteroatoms. The molecule has 0 radical (unpaired) electrons. The van der Waals surface area contributed by atoms with Gasteiger partial charge in [0.05, 0.1) is 0 Å². The van der Waals surface area contributed by atoms with Gasteiger partial charge in [-0.1, -0.05) is 23.7 Å². The van der Waals surface area contributed by atoms with E-state index < -0.39 is 6.04 Å². The zero-order valence-electron chi connectivity index (χ0n) is 11.9. The van der Waals surface area contributed by atoms with E-state index in [0.717, 1.165) is 18.7 Å². The van der Waals surface area contributed by atoms with Crippen LogP contribution in [0.1, 0.15) is 12.5 Å². The van der Waals surface area contributed by atoms with Crippen LogP contribution in [-0.2, 0) is 16.1 Å². The molecule has 112 valence electrons. The summed E-state index contributed by atoms with van der Waals surface area (Å²) < 4.78 is 0. The number of nitrogens with zero attached hydrogens (tertiary/aromatic N) is 2. The summed E-state index contributed by atoms with van der Waals surface area (Å²) in [7, 11) is 0. The molecule has 1 aromatic rings. The van der Waals surface area contributed by atoms with Crippen LogP contribution in [0.4, 0.5) is 0 Å². The lowest BCUT2D eigenvalue weighted by atomic mass is 10.0. The van der Waals surface area contributed by atoms with Crippen molar-refractivity contribution in [1.82, 2.24) is 15.1 Å². The number of carbonyl (C=O) groups excluding carboxylic acids is 2. The number of rotatable bonds is 2. The topological polar surface area (TPSA) is 52.7 Å². The number of carbonyl (C=O) groups is 2. The maximum absolute atomic E-state index is 12.1. The van der Waals surface area contributed by atoms with E-state index in [4.69, 9.17) is 11.6 Å². The number of benzene rings is 1. The second-order valence-electron chi connectivity index (χ2n) is 5.64. The van der Waals surface area contributed by atoms with Gasteiger partial charge in [0.1, 0.15) is 12.1 Å². The smallest absolute Gasteiger partial charge is 0.245 e. The van der Waals surface area contributed by atoms with Gasteiger partial charge < -0.3 is 10.2 Å². The lowest BCUT2D eigenvalue weighted by Crippen LogP contribution is -2.68. The van der Waals surface area contributed by atoms with E-state index in [9.17, 15) is 9.59 Å². The van der Waals surface area contributed by atoms with Gasteiger partial charge in [-0.3, -0.25) is 14.5 Å². The molecule has 2 heterocycles. The first-order valence-corrected chi connectivity index (χ1v) is 7.50. The number of nitrogens with one attached hydrogen (secondary N) is 1. The molecule has 2 aliphatic heterocycles. The third-order valence-electron chi connectivity index (χ3n) is 4.07. The molecule has 3 rings (SSSR count). The Labute approximate surface area is 128 Å². The molecular formula is C15H18ClN3O2. The third kappa shape index (κ3) is 2.89. The van der Waals surface area contributed by atoms with E-state index in [1.165, 1.54) is 0 Å². The number of halogens is 1. The van der Waals surface area contributed by atoms with Crippen molar-refractivity contribution in [2.45, 2.75) is 25.6 Å². The van der Waals surface area contributed by atoms with Crippen LogP contribution in [0.3, 0.4) is 0 Å². The normalized spacial score (nSPS) is 26.5. The van der Waals surface area contributed by atoms with E-state index in [0.29, 0.717) is 18.1 Å². The summed E-state index contributed by atoms with van der Waals surface area (Å²) in [6, 6.07) is 6.94. The summed E-state index contributed by atoms with van der Waals surface area (Å²) in [6.07, 6.45) is 0. The van der Waals surface area contributed by atoms with Crippen LogP contribution < -0.4 is 5.32 Å². The van der Waals surface area contributed by atoms with Gasteiger partial charge in [-0.25, -0.2) is 0 Å². The Hall–Kier alpha value is -1.59. The van der Waals surface area contributed by atoms with Crippen LogP contribution in [-0.4, -0.2) is 53.3 Å². The molecule has 0 aliphatic carbocycles. The van der Waals surface area contributed by atoms with E-state index in [1.54, 1.807) is 11.8 Å². The fraction of sp³-hybridized carbons (Fsp3) is 0.467. The third-order valence-corrected chi connectivity index (χ3v) is 4.31. The Morgan fingerprint density at radius 3 is 2.90 bits per heavy atom. The van der Waals surface area contributed by atoms with Crippen molar-refractivity contribution in [3.05, 3.63) is 34.9 Å². The van der Waals surface area contributed by atoms with Gasteiger partial charge in [0.2, 0.25) is 11.8 Å².